The molecule has 5 nitrogen and oxygen atoms in total. The van der Waals surface area contributed by atoms with Crippen molar-refractivity contribution < 1.29 is 9.53 Å². The highest BCUT2D eigenvalue weighted by Crippen LogP contribution is 2.11. The first-order chi connectivity index (χ1) is 9.20. The second kappa shape index (κ2) is 5.95. The van der Waals surface area contributed by atoms with E-state index in [1.54, 1.807) is 6.92 Å². The number of benzene rings is 1. The molecule has 0 saturated carbocycles. The first-order valence-electron chi connectivity index (χ1n) is 6.00. The number of rotatable bonds is 4. The van der Waals surface area contributed by atoms with E-state index in [0.29, 0.717) is 18.0 Å². The molecule has 5 heteroatoms. The maximum Gasteiger partial charge on any atom is 0.310 e. The molecular weight excluding hydrogens is 244 g/mol. The minimum atomic E-state index is -0.428. The van der Waals surface area contributed by atoms with Crippen molar-refractivity contribution in [1.29, 1.82) is 0 Å². The monoisotopic (exact) mass is 258 g/mol. The maximum atomic E-state index is 11.8. The number of H-pyrrole nitrogens is 1. The van der Waals surface area contributed by atoms with Crippen molar-refractivity contribution in [2.24, 2.45) is 0 Å². The molecule has 1 aromatic carbocycles. The number of carbonyl (C=O) groups excluding carboxylic acids is 1. The lowest BCUT2D eigenvalue weighted by Gasteiger charge is -2.03. The van der Waals surface area contributed by atoms with Crippen LogP contribution in [0.5, 0.6) is 0 Å². The summed E-state index contributed by atoms with van der Waals surface area (Å²) in [5.41, 5.74) is 0.808. The highest BCUT2D eigenvalue weighted by atomic mass is 16.5. The van der Waals surface area contributed by atoms with Crippen LogP contribution in [0, 0.1) is 0 Å². The van der Waals surface area contributed by atoms with Crippen molar-refractivity contribution in [3.05, 3.63) is 52.4 Å². The Morgan fingerprint density at radius 1 is 1.32 bits per heavy atom. The van der Waals surface area contributed by atoms with Crippen LogP contribution >= 0.6 is 0 Å². The molecule has 0 spiro atoms. The number of ether oxygens (including phenoxy) is 1. The number of hydrogen-bond acceptors (Lipinski definition) is 4. The number of aromatic nitrogens is 2. The zero-order valence-electron chi connectivity index (χ0n) is 10.6. The number of nitrogens with zero attached hydrogens (tertiary/aromatic N) is 1. The molecule has 0 fully saturated rings. The van der Waals surface area contributed by atoms with E-state index in [1.165, 1.54) is 6.20 Å². The fourth-order valence-electron chi connectivity index (χ4n) is 1.66. The van der Waals surface area contributed by atoms with Crippen molar-refractivity contribution in [3.8, 4) is 11.4 Å². The van der Waals surface area contributed by atoms with Gasteiger partial charge in [-0.25, -0.2) is 4.98 Å². The summed E-state index contributed by atoms with van der Waals surface area (Å²) in [4.78, 5) is 30.0. The molecule has 1 N–H and O–H groups in total. The van der Waals surface area contributed by atoms with E-state index in [2.05, 4.69) is 9.97 Å². The molecule has 0 aliphatic rings. The molecule has 0 aliphatic heterocycles. The van der Waals surface area contributed by atoms with Crippen molar-refractivity contribution in [2.45, 2.75) is 13.3 Å². The van der Waals surface area contributed by atoms with Crippen LogP contribution in [-0.2, 0) is 16.0 Å². The topological polar surface area (TPSA) is 72.0 Å². The van der Waals surface area contributed by atoms with Gasteiger partial charge in [0.15, 0.2) is 0 Å². The lowest BCUT2D eigenvalue weighted by molar-refractivity contribution is -0.142. The van der Waals surface area contributed by atoms with Gasteiger partial charge in [0.2, 0.25) is 0 Å². The van der Waals surface area contributed by atoms with Gasteiger partial charge in [-0.2, -0.15) is 0 Å². The van der Waals surface area contributed by atoms with E-state index in [1.807, 2.05) is 30.3 Å². The van der Waals surface area contributed by atoms with E-state index < -0.39 is 5.97 Å². The van der Waals surface area contributed by atoms with E-state index >= 15 is 0 Å². The Kier molecular flexibility index (Phi) is 4.07. The zero-order valence-corrected chi connectivity index (χ0v) is 10.6. The highest BCUT2D eigenvalue weighted by molar-refractivity contribution is 5.72. The molecule has 2 rings (SSSR count). The highest BCUT2D eigenvalue weighted by Gasteiger charge is 2.09. The van der Waals surface area contributed by atoms with Gasteiger partial charge in [0.25, 0.3) is 5.56 Å². The number of nitrogens with one attached hydrogen (secondary N) is 1. The second-order valence-electron chi connectivity index (χ2n) is 3.93. The molecule has 1 aromatic heterocycles. The average molecular weight is 258 g/mol. The largest absolute Gasteiger partial charge is 0.466 e. The van der Waals surface area contributed by atoms with Gasteiger partial charge in [0.05, 0.1) is 13.0 Å². The molecule has 0 radical (unpaired) electrons. The summed E-state index contributed by atoms with van der Waals surface area (Å²) in [6.07, 6.45) is 1.35. The van der Waals surface area contributed by atoms with Crippen molar-refractivity contribution >= 4 is 5.97 Å². The lowest BCUT2D eigenvalue weighted by Crippen LogP contribution is -2.19. The van der Waals surface area contributed by atoms with Gasteiger partial charge >= 0.3 is 5.97 Å². The third-order valence-electron chi connectivity index (χ3n) is 2.56. The van der Waals surface area contributed by atoms with Gasteiger partial charge in [-0.15, -0.1) is 0 Å². The Morgan fingerprint density at radius 3 is 2.68 bits per heavy atom. The first-order valence-corrected chi connectivity index (χ1v) is 6.00. The summed E-state index contributed by atoms with van der Waals surface area (Å²) in [6.45, 7) is 2.02. The molecule has 0 unspecified atom stereocenters. The predicted molar refractivity (Wildman–Crippen MR) is 70.6 cm³/mol. The van der Waals surface area contributed by atoms with Crippen LogP contribution in [0.4, 0.5) is 0 Å². The van der Waals surface area contributed by atoms with Gasteiger partial charge in [-0.3, -0.25) is 9.59 Å². The Hall–Kier alpha value is -2.43. The molecule has 0 atom stereocenters. The molecular formula is C14H14N2O3. The van der Waals surface area contributed by atoms with Crippen LogP contribution in [0.2, 0.25) is 0 Å². The Morgan fingerprint density at radius 2 is 2.05 bits per heavy atom. The van der Waals surface area contributed by atoms with E-state index in [-0.39, 0.29) is 12.0 Å². The van der Waals surface area contributed by atoms with E-state index in [0.717, 1.165) is 5.56 Å². The number of carbonyl (C=O) groups is 1. The fraction of sp³-hybridized carbons (Fsp3) is 0.214. The van der Waals surface area contributed by atoms with E-state index in [4.69, 9.17) is 4.74 Å². The van der Waals surface area contributed by atoms with Gasteiger partial charge in [0, 0.05) is 17.3 Å². The smallest absolute Gasteiger partial charge is 0.310 e. The Labute approximate surface area is 110 Å². The quantitative estimate of drug-likeness (QED) is 0.844. The molecule has 98 valence electrons. The zero-order chi connectivity index (χ0) is 13.7. The maximum absolute atomic E-state index is 11.8. The van der Waals surface area contributed by atoms with Crippen LogP contribution in [0.15, 0.2) is 41.3 Å². The normalized spacial score (nSPS) is 10.2. The third kappa shape index (κ3) is 3.28. The Bertz CT molecular complexity index is 620. The summed E-state index contributed by atoms with van der Waals surface area (Å²) in [5, 5.41) is 0. The lowest BCUT2D eigenvalue weighted by atomic mass is 10.2. The van der Waals surface area contributed by atoms with Crippen LogP contribution in [0.1, 0.15) is 12.5 Å². The molecule has 0 aliphatic carbocycles. The summed E-state index contributed by atoms with van der Waals surface area (Å²) < 4.78 is 4.80. The minimum Gasteiger partial charge on any atom is -0.466 e. The first kappa shape index (κ1) is 13.0. The fourth-order valence-corrected chi connectivity index (χ4v) is 1.66. The number of aromatic amines is 1. The summed E-state index contributed by atoms with van der Waals surface area (Å²) >= 11 is 0. The molecule has 1 heterocycles. The molecule has 0 bridgehead atoms. The van der Waals surface area contributed by atoms with Gasteiger partial charge < -0.3 is 9.72 Å². The van der Waals surface area contributed by atoms with Crippen LogP contribution < -0.4 is 5.56 Å². The minimum absolute atomic E-state index is 0.0642. The molecule has 2 aromatic rings. The van der Waals surface area contributed by atoms with Crippen LogP contribution in [0.25, 0.3) is 11.4 Å². The molecule has 0 saturated heterocycles. The standard InChI is InChI=1S/C14H14N2O3/c1-2-19-12(17)8-11-9-15-13(16-14(11)18)10-6-4-3-5-7-10/h3-7,9H,2,8H2,1H3,(H,15,16,18). The van der Waals surface area contributed by atoms with Crippen LogP contribution in [-0.4, -0.2) is 22.5 Å². The average Bonchev–Trinajstić information content (AvgIpc) is 2.42. The van der Waals surface area contributed by atoms with Gasteiger partial charge in [-0.1, -0.05) is 30.3 Å². The van der Waals surface area contributed by atoms with Crippen molar-refractivity contribution in [2.75, 3.05) is 6.61 Å². The van der Waals surface area contributed by atoms with Gasteiger partial charge in [-0.05, 0) is 6.92 Å². The summed E-state index contributed by atoms with van der Waals surface area (Å²) in [5.74, 6) is 0.0560. The van der Waals surface area contributed by atoms with Crippen molar-refractivity contribution in [3.63, 3.8) is 0 Å². The summed E-state index contributed by atoms with van der Waals surface area (Å²) in [7, 11) is 0. The molecule has 0 amide bonds. The number of esters is 1. The van der Waals surface area contributed by atoms with Crippen LogP contribution in [0.3, 0.4) is 0 Å². The second-order valence-corrected chi connectivity index (χ2v) is 3.93. The third-order valence-corrected chi connectivity index (χ3v) is 2.56. The SMILES string of the molecule is CCOC(=O)Cc1cnc(-c2ccccc2)[nH]c1=O. The molecule has 19 heavy (non-hydrogen) atoms. The van der Waals surface area contributed by atoms with Gasteiger partial charge in [0.1, 0.15) is 5.82 Å². The predicted octanol–water partition coefficient (Wildman–Crippen LogP) is 1.54. The van der Waals surface area contributed by atoms with Crippen molar-refractivity contribution in [1.82, 2.24) is 9.97 Å². The van der Waals surface area contributed by atoms with E-state index in [9.17, 15) is 9.59 Å². The summed E-state index contributed by atoms with van der Waals surface area (Å²) in [6, 6.07) is 9.31. The Balaban J connectivity index is 2.23. The number of hydrogen-bond donors (Lipinski definition) is 1.